The second-order valence-corrected chi connectivity index (χ2v) is 5.22. The largest absolute Gasteiger partial charge is 0.490 e. The summed E-state index contributed by atoms with van der Waals surface area (Å²) in [6, 6.07) is 7.58. The second kappa shape index (κ2) is 7.55. The van der Waals surface area contributed by atoms with E-state index in [9.17, 15) is 4.79 Å². The summed E-state index contributed by atoms with van der Waals surface area (Å²) in [4.78, 5) is 11.4. The molecule has 110 valence electrons. The number of hydrogen-bond acceptors (Lipinski definition) is 4. The Labute approximate surface area is 119 Å². The van der Waals surface area contributed by atoms with Gasteiger partial charge in [-0.15, -0.1) is 0 Å². The van der Waals surface area contributed by atoms with Crippen LogP contribution in [0, 0.1) is 0 Å². The summed E-state index contributed by atoms with van der Waals surface area (Å²) < 4.78 is 10.5. The van der Waals surface area contributed by atoms with E-state index < -0.39 is 11.7 Å². The maximum Gasteiger partial charge on any atom is 0.422 e. The lowest BCUT2D eigenvalue weighted by Crippen LogP contribution is -2.40. The lowest BCUT2D eigenvalue weighted by molar-refractivity contribution is 0.0497. The van der Waals surface area contributed by atoms with Gasteiger partial charge in [-0.3, -0.25) is 5.43 Å². The van der Waals surface area contributed by atoms with Crippen molar-refractivity contribution in [1.82, 2.24) is 10.9 Å². The van der Waals surface area contributed by atoms with E-state index in [1.165, 1.54) is 0 Å². The molecule has 0 radical (unpaired) electrons. The maximum absolute atomic E-state index is 11.4. The first-order valence-corrected chi connectivity index (χ1v) is 6.45. The quantitative estimate of drug-likeness (QED) is 0.620. The third kappa shape index (κ3) is 6.80. The van der Waals surface area contributed by atoms with E-state index in [0.29, 0.717) is 13.2 Å². The molecule has 2 N–H and O–H groups in total. The second-order valence-electron chi connectivity index (χ2n) is 5.22. The van der Waals surface area contributed by atoms with Gasteiger partial charge in [-0.2, -0.15) is 0 Å². The average molecular weight is 278 g/mol. The van der Waals surface area contributed by atoms with Crippen molar-refractivity contribution in [2.24, 2.45) is 0 Å². The van der Waals surface area contributed by atoms with E-state index in [1.807, 2.05) is 45.0 Å². The number of carbonyl (C=O) groups is 1. The molecule has 0 aliphatic rings. The molecule has 0 aliphatic carbocycles. The molecule has 0 aromatic heterocycles. The first kappa shape index (κ1) is 16.0. The molecular formula is C15H22N2O3. The molecule has 0 saturated heterocycles. The Hall–Kier alpha value is -2.01. The zero-order chi connectivity index (χ0) is 15.0. The van der Waals surface area contributed by atoms with Crippen molar-refractivity contribution >= 4 is 6.09 Å². The van der Waals surface area contributed by atoms with Crippen LogP contribution in [0.5, 0.6) is 5.75 Å². The van der Waals surface area contributed by atoms with Gasteiger partial charge in [-0.05, 0) is 38.5 Å². The molecule has 1 rings (SSSR count). The fourth-order valence-corrected chi connectivity index (χ4v) is 1.38. The van der Waals surface area contributed by atoms with Crippen molar-refractivity contribution in [1.29, 1.82) is 0 Å². The van der Waals surface area contributed by atoms with Crippen LogP contribution >= 0.6 is 0 Å². The molecule has 20 heavy (non-hydrogen) atoms. The molecular weight excluding hydrogens is 256 g/mol. The zero-order valence-corrected chi connectivity index (χ0v) is 12.2. The Morgan fingerprint density at radius 3 is 2.50 bits per heavy atom. The van der Waals surface area contributed by atoms with Gasteiger partial charge < -0.3 is 9.47 Å². The predicted octanol–water partition coefficient (Wildman–Crippen LogP) is 2.78. The van der Waals surface area contributed by atoms with Crippen molar-refractivity contribution in [3.63, 3.8) is 0 Å². The summed E-state index contributed by atoms with van der Waals surface area (Å²) in [7, 11) is 0. The van der Waals surface area contributed by atoms with E-state index in [0.717, 1.165) is 11.3 Å². The fourth-order valence-electron chi connectivity index (χ4n) is 1.38. The molecule has 0 fully saturated rings. The number of nitrogens with one attached hydrogen (secondary N) is 2. The highest BCUT2D eigenvalue weighted by molar-refractivity contribution is 5.66. The molecule has 5 nitrogen and oxygen atoms in total. The first-order chi connectivity index (χ1) is 9.40. The number of hydrazine groups is 1. The summed E-state index contributed by atoms with van der Waals surface area (Å²) in [5.74, 6) is 0.786. The zero-order valence-electron chi connectivity index (χ0n) is 12.2. The minimum Gasteiger partial charge on any atom is -0.490 e. The highest BCUT2D eigenvalue weighted by Gasteiger charge is 2.15. The van der Waals surface area contributed by atoms with Crippen molar-refractivity contribution in [3.05, 3.63) is 42.5 Å². The SMILES string of the molecule is C=CCOc1ccc(CNNC(=O)OC(C)(C)C)cc1. The topological polar surface area (TPSA) is 59.6 Å². The van der Waals surface area contributed by atoms with Crippen molar-refractivity contribution in [2.75, 3.05) is 6.61 Å². The minimum absolute atomic E-state index is 0.484. The van der Waals surface area contributed by atoms with Gasteiger partial charge in [0.25, 0.3) is 0 Å². The van der Waals surface area contributed by atoms with Gasteiger partial charge in [0, 0.05) is 6.54 Å². The smallest absolute Gasteiger partial charge is 0.422 e. The molecule has 0 bridgehead atoms. The van der Waals surface area contributed by atoms with Gasteiger partial charge in [0.2, 0.25) is 0 Å². The summed E-state index contributed by atoms with van der Waals surface area (Å²) in [5, 5.41) is 0. The normalized spacial score (nSPS) is 10.8. The third-order valence-corrected chi connectivity index (χ3v) is 2.17. The minimum atomic E-state index is -0.504. The predicted molar refractivity (Wildman–Crippen MR) is 78.3 cm³/mol. The van der Waals surface area contributed by atoms with E-state index in [4.69, 9.17) is 9.47 Å². The monoisotopic (exact) mass is 278 g/mol. The van der Waals surface area contributed by atoms with E-state index >= 15 is 0 Å². The van der Waals surface area contributed by atoms with Crippen LogP contribution in [0.4, 0.5) is 4.79 Å². The molecule has 1 aromatic carbocycles. The highest BCUT2D eigenvalue weighted by Crippen LogP contribution is 2.12. The van der Waals surface area contributed by atoms with Crippen LogP contribution in [0.1, 0.15) is 26.3 Å². The van der Waals surface area contributed by atoms with E-state index in [-0.39, 0.29) is 0 Å². The number of benzene rings is 1. The van der Waals surface area contributed by atoms with Crippen LogP contribution in [-0.4, -0.2) is 18.3 Å². The molecule has 0 saturated carbocycles. The lowest BCUT2D eigenvalue weighted by atomic mass is 10.2. The summed E-state index contributed by atoms with van der Waals surface area (Å²) >= 11 is 0. The first-order valence-electron chi connectivity index (χ1n) is 6.45. The Kier molecular flexibility index (Phi) is 6.06. The number of carbonyl (C=O) groups excluding carboxylic acids is 1. The fraction of sp³-hybridized carbons (Fsp3) is 0.400. The van der Waals surface area contributed by atoms with Crippen LogP contribution in [0.2, 0.25) is 0 Å². The van der Waals surface area contributed by atoms with Gasteiger partial charge in [-0.25, -0.2) is 10.2 Å². The Morgan fingerprint density at radius 1 is 1.30 bits per heavy atom. The summed E-state index contributed by atoms with van der Waals surface area (Å²) in [6.45, 7) is 10.0. The average Bonchev–Trinajstić information content (AvgIpc) is 2.35. The number of rotatable bonds is 6. The number of amides is 1. The van der Waals surface area contributed by atoms with E-state index in [1.54, 1.807) is 6.08 Å². The standard InChI is InChI=1S/C15H22N2O3/c1-5-10-19-13-8-6-12(7-9-13)11-16-17-14(18)20-15(2,3)4/h5-9,16H,1,10-11H2,2-4H3,(H,17,18). The molecule has 0 unspecified atom stereocenters. The van der Waals surface area contributed by atoms with Crippen LogP contribution < -0.4 is 15.6 Å². The Bertz CT molecular complexity index is 435. The van der Waals surface area contributed by atoms with Gasteiger partial charge in [0.15, 0.2) is 0 Å². The van der Waals surface area contributed by atoms with Crippen molar-refractivity contribution in [2.45, 2.75) is 32.9 Å². The van der Waals surface area contributed by atoms with Gasteiger partial charge in [0.1, 0.15) is 18.0 Å². The summed E-state index contributed by atoms with van der Waals surface area (Å²) in [6.07, 6.45) is 1.20. The van der Waals surface area contributed by atoms with Crippen molar-refractivity contribution < 1.29 is 14.3 Å². The Balaban J connectivity index is 2.31. The van der Waals surface area contributed by atoms with Crippen LogP contribution in [-0.2, 0) is 11.3 Å². The Morgan fingerprint density at radius 2 is 1.95 bits per heavy atom. The van der Waals surface area contributed by atoms with Crippen LogP contribution in [0.3, 0.4) is 0 Å². The van der Waals surface area contributed by atoms with Crippen LogP contribution in [0.15, 0.2) is 36.9 Å². The van der Waals surface area contributed by atoms with Crippen LogP contribution in [0.25, 0.3) is 0 Å². The summed E-state index contributed by atoms with van der Waals surface area (Å²) in [5.41, 5.74) is 5.80. The van der Waals surface area contributed by atoms with Crippen molar-refractivity contribution in [3.8, 4) is 5.75 Å². The third-order valence-electron chi connectivity index (χ3n) is 2.17. The number of ether oxygens (including phenoxy) is 2. The molecule has 0 aliphatic heterocycles. The lowest BCUT2D eigenvalue weighted by Gasteiger charge is -2.19. The molecule has 5 heteroatoms. The molecule has 0 heterocycles. The van der Waals surface area contributed by atoms with Gasteiger partial charge in [-0.1, -0.05) is 24.8 Å². The maximum atomic E-state index is 11.4. The highest BCUT2D eigenvalue weighted by atomic mass is 16.6. The number of hydrogen-bond donors (Lipinski definition) is 2. The van der Waals surface area contributed by atoms with E-state index in [2.05, 4.69) is 17.4 Å². The van der Waals surface area contributed by atoms with Gasteiger partial charge in [0.05, 0.1) is 0 Å². The van der Waals surface area contributed by atoms with Gasteiger partial charge >= 0.3 is 6.09 Å². The molecule has 0 spiro atoms. The molecule has 1 amide bonds. The molecule has 0 atom stereocenters. The molecule has 1 aromatic rings.